The highest BCUT2D eigenvalue weighted by Crippen LogP contribution is 2.24. The zero-order chi connectivity index (χ0) is 10.6. The molecule has 1 saturated carbocycles. The Morgan fingerprint density at radius 2 is 1.71 bits per heavy atom. The molecule has 1 rings (SSSR count). The third-order valence-corrected chi connectivity index (χ3v) is 3.34. The molecule has 2 nitrogen and oxygen atoms in total. The third-order valence-electron chi connectivity index (χ3n) is 3.34. The van der Waals surface area contributed by atoms with Crippen LogP contribution in [0, 0.1) is 11.8 Å². The zero-order valence-corrected chi connectivity index (χ0v) is 9.79. The first-order valence-electron chi connectivity index (χ1n) is 5.94. The molecule has 14 heavy (non-hydrogen) atoms. The van der Waals surface area contributed by atoms with E-state index in [1.54, 1.807) is 0 Å². The van der Waals surface area contributed by atoms with Gasteiger partial charge in [0.1, 0.15) is 0 Å². The Morgan fingerprint density at radius 1 is 1.14 bits per heavy atom. The van der Waals surface area contributed by atoms with Crippen molar-refractivity contribution in [1.82, 2.24) is 0 Å². The van der Waals surface area contributed by atoms with E-state index in [1.165, 1.54) is 32.1 Å². The molecule has 1 aliphatic rings. The van der Waals surface area contributed by atoms with Crippen LogP contribution >= 0.6 is 0 Å². The van der Waals surface area contributed by atoms with Crippen molar-refractivity contribution < 1.29 is 0 Å². The summed E-state index contributed by atoms with van der Waals surface area (Å²) in [4.78, 5) is 4.59. The topological polar surface area (TPSA) is 38.4 Å². The van der Waals surface area contributed by atoms with Gasteiger partial charge in [-0.05, 0) is 25.7 Å². The minimum absolute atomic E-state index is 0.372. The van der Waals surface area contributed by atoms with E-state index in [1.807, 2.05) is 0 Å². The SMILES string of the molecule is CC(C)C(C)N=C(N)C1CCCCC1. The summed E-state index contributed by atoms with van der Waals surface area (Å²) < 4.78 is 0. The summed E-state index contributed by atoms with van der Waals surface area (Å²) in [5.41, 5.74) is 6.04. The predicted octanol–water partition coefficient (Wildman–Crippen LogP) is 2.97. The van der Waals surface area contributed by atoms with Gasteiger partial charge in [0.15, 0.2) is 0 Å². The van der Waals surface area contributed by atoms with Gasteiger partial charge in [-0.15, -0.1) is 0 Å². The number of rotatable bonds is 3. The Balaban J connectivity index is 2.49. The molecule has 0 aromatic heterocycles. The molecule has 0 aromatic rings. The molecule has 1 aliphatic carbocycles. The number of hydrogen-bond donors (Lipinski definition) is 1. The Bertz CT molecular complexity index is 190. The summed E-state index contributed by atoms with van der Waals surface area (Å²) >= 11 is 0. The Morgan fingerprint density at radius 3 is 2.21 bits per heavy atom. The molecule has 1 fully saturated rings. The molecule has 0 saturated heterocycles. The predicted molar refractivity (Wildman–Crippen MR) is 62.5 cm³/mol. The summed E-state index contributed by atoms with van der Waals surface area (Å²) in [5.74, 6) is 2.08. The summed E-state index contributed by atoms with van der Waals surface area (Å²) in [7, 11) is 0. The molecular formula is C12H24N2. The van der Waals surface area contributed by atoms with Crippen molar-refractivity contribution in [2.75, 3.05) is 0 Å². The molecular weight excluding hydrogens is 172 g/mol. The van der Waals surface area contributed by atoms with Gasteiger partial charge in [0, 0.05) is 5.92 Å². The number of aliphatic imine (C=N–C) groups is 1. The highest BCUT2D eigenvalue weighted by atomic mass is 14.9. The minimum Gasteiger partial charge on any atom is -0.387 e. The van der Waals surface area contributed by atoms with E-state index >= 15 is 0 Å². The molecule has 0 radical (unpaired) electrons. The Kier molecular flexibility index (Phi) is 4.43. The van der Waals surface area contributed by atoms with E-state index < -0.39 is 0 Å². The maximum atomic E-state index is 6.04. The summed E-state index contributed by atoms with van der Waals surface area (Å²) in [6.45, 7) is 6.55. The van der Waals surface area contributed by atoms with E-state index in [4.69, 9.17) is 5.73 Å². The molecule has 0 aromatic carbocycles. The van der Waals surface area contributed by atoms with E-state index in [2.05, 4.69) is 25.8 Å². The second-order valence-corrected chi connectivity index (χ2v) is 4.87. The average molecular weight is 196 g/mol. The highest BCUT2D eigenvalue weighted by molar-refractivity contribution is 5.83. The van der Waals surface area contributed by atoms with Crippen LogP contribution in [0.5, 0.6) is 0 Å². The van der Waals surface area contributed by atoms with E-state index in [0.29, 0.717) is 17.9 Å². The van der Waals surface area contributed by atoms with Gasteiger partial charge >= 0.3 is 0 Å². The molecule has 0 spiro atoms. The lowest BCUT2D eigenvalue weighted by atomic mass is 9.88. The van der Waals surface area contributed by atoms with Gasteiger partial charge in [-0.25, -0.2) is 0 Å². The van der Waals surface area contributed by atoms with Gasteiger partial charge in [-0.2, -0.15) is 0 Å². The molecule has 82 valence electrons. The van der Waals surface area contributed by atoms with Crippen molar-refractivity contribution in [1.29, 1.82) is 0 Å². The lowest BCUT2D eigenvalue weighted by Gasteiger charge is -2.22. The van der Waals surface area contributed by atoms with Gasteiger partial charge < -0.3 is 5.73 Å². The van der Waals surface area contributed by atoms with Crippen LogP contribution in [0.3, 0.4) is 0 Å². The molecule has 2 N–H and O–H groups in total. The van der Waals surface area contributed by atoms with Crippen molar-refractivity contribution in [3.63, 3.8) is 0 Å². The minimum atomic E-state index is 0.372. The second kappa shape index (κ2) is 5.38. The monoisotopic (exact) mass is 196 g/mol. The average Bonchev–Trinajstić information content (AvgIpc) is 2.19. The standard InChI is InChI=1S/C12H24N2/c1-9(2)10(3)14-12(13)11-7-5-4-6-8-11/h9-11H,4-8H2,1-3H3,(H2,13,14). The van der Waals surface area contributed by atoms with Crippen LogP contribution in [0.1, 0.15) is 52.9 Å². The molecule has 2 heteroatoms. The van der Waals surface area contributed by atoms with E-state index in [0.717, 1.165) is 5.84 Å². The van der Waals surface area contributed by atoms with Gasteiger partial charge in [0.05, 0.1) is 11.9 Å². The van der Waals surface area contributed by atoms with Crippen molar-refractivity contribution in [3.8, 4) is 0 Å². The fraction of sp³-hybridized carbons (Fsp3) is 0.917. The molecule has 0 heterocycles. The smallest absolute Gasteiger partial charge is 0.0971 e. The summed E-state index contributed by atoms with van der Waals surface area (Å²) in [6.07, 6.45) is 6.54. The summed E-state index contributed by atoms with van der Waals surface area (Å²) in [6, 6.07) is 0.372. The maximum absolute atomic E-state index is 6.04. The second-order valence-electron chi connectivity index (χ2n) is 4.87. The third kappa shape index (κ3) is 3.32. The molecule has 1 atom stereocenters. The summed E-state index contributed by atoms with van der Waals surface area (Å²) in [5, 5.41) is 0. The van der Waals surface area contributed by atoms with Crippen molar-refractivity contribution in [2.24, 2.45) is 22.6 Å². The van der Waals surface area contributed by atoms with Gasteiger partial charge in [0.25, 0.3) is 0 Å². The molecule has 0 bridgehead atoms. The van der Waals surface area contributed by atoms with Crippen LogP contribution in [0.2, 0.25) is 0 Å². The molecule has 0 aliphatic heterocycles. The fourth-order valence-electron chi connectivity index (χ4n) is 1.89. The lowest BCUT2D eigenvalue weighted by molar-refractivity contribution is 0.432. The number of amidine groups is 1. The van der Waals surface area contributed by atoms with Crippen LogP contribution in [-0.4, -0.2) is 11.9 Å². The van der Waals surface area contributed by atoms with Crippen LogP contribution in [0.4, 0.5) is 0 Å². The van der Waals surface area contributed by atoms with E-state index in [-0.39, 0.29) is 0 Å². The Hall–Kier alpha value is -0.530. The fourth-order valence-corrected chi connectivity index (χ4v) is 1.89. The van der Waals surface area contributed by atoms with Crippen LogP contribution < -0.4 is 5.73 Å². The highest BCUT2D eigenvalue weighted by Gasteiger charge is 2.17. The first-order chi connectivity index (χ1) is 6.61. The van der Waals surface area contributed by atoms with Crippen LogP contribution in [0.15, 0.2) is 4.99 Å². The normalized spacial score (nSPS) is 22.7. The van der Waals surface area contributed by atoms with Gasteiger partial charge in [-0.1, -0.05) is 33.1 Å². The van der Waals surface area contributed by atoms with Crippen molar-refractivity contribution in [3.05, 3.63) is 0 Å². The zero-order valence-electron chi connectivity index (χ0n) is 9.79. The Labute approximate surface area is 88.0 Å². The first-order valence-corrected chi connectivity index (χ1v) is 5.94. The maximum Gasteiger partial charge on any atom is 0.0971 e. The quantitative estimate of drug-likeness (QED) is 0.547. The van der Waals surface area contributed by atoms with Crippen molar-refractivity contribution in [2.45, 2.75) is 58.9 Å². The number of hydrogen-bond acceptors (Lipinski definition) is 1. The van der Waals surface area contributed by atoms with Gasteiger partial charge in [-0.3, -0.25) is 4.99 Å². The van der Waals surface area contributed by atoms with Crippen molar-refractivity contribution >= 4 is 5.84 Å². The van der Waals surface area contributed by atoms with Crippen LogP contribution in [0.25, 0.3) is 0 Å². The first kappa shape index (κ1) is 11.5. The number of nitrogens with two attached hydrogens (primary N) is 1. The number of nitrogens with zero attached hydrogens (tertiary/aromatic N) is 1. The van der Waals surface area contributed by atoms with E-state index in [9.17, 15) is 0 Å². The van der Waals surface area contributed by atoms with Gasteiger partial charge in [0.2, 0.25) is 0 Å². The molecule has 0 amide bonds. The molecule has 1 unspecified atom stereocenters. The largest absolute Gasteiger partial charge is 0.387 e. The lowest BCUT2D eigenvalue weighted by Crippen LogP contribution is -2.28. The van der Waals surface area contributed by atoms with Crippen LogP contribution in [-0.2, 0) is 0 Å².